The van der Waals surface area contributed by atoms with E-state index in [2.05, 4.69) is 5.32 Å². The topological polar surface area (TPSA) is 83.6 Å². The number of hydrogen-bond donors (Lipinski definition) is 1. The van der Waals surface area contributed by atoms with Crippen LogP contribution in [-0.2, 0) is 19.4 Å². The van der Waals surface area contributed by atoms with Gasteiger partial charge in [0, 0.05) is 10.9 Å². The third-order valence-electron chi connectivity index (χ3n) is 3.99. The van der Waals surface area contributed by atoms with E-state index in [1.54, 1.807) is 13.0 Å². The maximum absolute atomic E-state index is 12.6. The van der Waals surface area contributed by atoms with Gasteiger partial charge in [-0.3, -0.25) is 14.5 Å². The van der Waals surface area contributed by atoms with Gasteiger partial charge in [-0.15, -0.1) is 11.3 Å². The molecule has 2 amide bonds. The van der Waals surface area contributed by atoms with Crippen LogP contribution in [-0.4, -0.2) is 53.0 Å². The molecule has 2 saturated heterocycles. The van der Waals surface area contributed by atoms with Gasteiger partial charge in [-0.25, -0.2) is 8.42 Å². The summed E-state index contributed by atoms with van der Waals surface area (Å²) in [6, 6.07) is 2.60. The molecule has 0 aliphatic carbocycles. The van der Waals surface area contributed by atoms with Crippen molar-refractivity contribution in [2.45, 2.75) is 25.4 Å². The normalized spacial score (nSPS) is 25.6. The van der Waals surface area contributed by atoms with Gasteiger partial charge < -0.3 is 5.32 Å². The number of carbonyl (C=O) groups excluding carboxylic acids is 2. The minimum atomic E-state index is -3.08. The summed E-state index contributed by atoms with van der Waals surface area (Å²) in [7, 11) is -3.08. The molecule has 1 aromatic rings. The molecule has 0 saturated carbocycles. The van der Waals surface area contributed by atoms with Gasteiger partial charge >= 0.3 is 0 Å². The van der Waals surface area contributed by atoms with Crippen LogP contribution in [0.15, 0.2) is 22.4 Å². The Balaban J connectivity index is 1.69. The van der Waals surface area contributed by atoms with Crippen molar-refractivity contribution < 1.29 is 18.0 Å². The summed E-state index contributed by atoms with van der Waals surface area (Å²) in [5, 5.41) is 4.63. The van der Waals surface area contributed by atoms with Gasteiger partial charge in [0.2, 0.25) is 5.91 Å². The first-order chi connectivity index (χ1) is 11.8. The molecule has 2 aliphatic rings. The van der Waals surface area contributed by atoms with Crippen LogP contribution in [0.4, 0.5) is 0 Å². The standard InChI is InChI=1S/C15H16N2O4S4/c1-9(13(18)16-10-4-6-25(20,21)8-10)17-14(19)12(24-15(17)22)7-11-3-2-5-23-11/h2-3,5,7,9-10H,4,6,8H2,1H3,(H,16,18)/b12-7-/t9-,10-/m1/s1. The SMILES string of the molecule is C[C@H](C(=O)N[C@@H]1CCS(=O)(=O)C1)N1C(=O)/C(=C/c2cccs2)SC1=S. The first kappa shape index (κ1) is 18.6. The lowest BCUT2D eigenvalue weighted by Crippen LogP contribution is -2.50. The third kappa shape index (κ3) is 4.13. The number of rotatable bonds is 4. The molecule has 6 nitrogen and oxygen atoms in total. The summed E-state index contributed by atoms with van der Waals surface area (Å²) < 4.78 is 23.3. The second-order valence-electron chi connectivity index (χ2n) is 5.85. The highest BCUT2D eigenvalue weighted by Crippen LogP contribution is 2.34. The number of hydrogen-bond acceptors (Lipinski definition) is 7. The molecule has 0 bridgehead atoms. The Morgan fingerprint density at radius 3 is 2.88 bits per heavy atom. The highest BCUT2D eigenvalue weighted by molar-refractivity contribution is 8.26. The molecular weight excluding hydrogens is 400 g/mol. The van der Waals surface area contributed by atoms with Crippen molar-refractivity contribution in [2.75, 3.05) is 11.5 Å². The predicted molar refractivity (Wildman–Crippen MR) is 104 cm³/mol. The monoisotopic (exact) mass is 416 g/mol. The number of thiophene rings is 1. The molecule has 0 spiro atoms. The highest BCUT2D eigenvalue weighted by atomic mass is 32.2. The van der Waals surface area contributed by atoms with Crippen LogP contribution >= 0.6 is 35.3 Å². The molecule has 0 aromatic carbocycles. The molecule has 0 unspecified atom stereocenters. The fourth-order valence-electron chi connectivity index (χ4n) is 2.66. The van der Waals surface area contributed by atoms with Gasteiger partial charge in [0.25, 0.3) is 5.91 Å². The molecule has 2 atom stereocenters. The van der Waals surface area contributed by atoms with Crippen molar-refractivity contribution in [1.29, 1.82) is 0 Å². The van der Waals surface area contributed by atoms with Crippen molar-refractivity contribution in [2.24, 2.45) is 0 Å². The molecule has 1 N–H and O–H groups in total. The second kappa shape index (κ2) is 7.18. The number of nitrogens with zero attached hydrogens (tertiary/aromatic N) is 1. The van der Waals surface area contributed by atoms with Crippen LogP contribution < -0.4 is 5.32 Å². The van der Waals surface area contributed by atoms with Crippen LogP contribution in [0.1, 0.15) is 18.2 Å². The molecule has 0 radical (unpaired) electrons. The van der Waals surface area contributed by atoms with Crippen molar-refractivity contribution in [3.05, 3.63) is 27.3 Å². The average molecular weight is 417 g/mol. The van der Waals surface area contributed by atoms with Crippen molar-refractivity contribution >= 4 is 67.4 Å². The lowest BCUT2D eigenvalue weighted by Gasteiger charge is -2.23. The van der Waals surface area contributed by atoms with Gasteiger partial charge in [0.15, 0.2) is 9.84 Å². The number of thioether (sulfide) groups is 1. The maximum Gasteiger partial charge on any atom is 0.266 e. The Morgan fingerprint density at radius 1 is 1.52 bits per heavy atom. The molecule has 2 fully saturated rings. The highest BCUT2D eigenvalue weighted by Gasteiger charge is 2.39. The maximum atomic E-state index is 12.6. The predicted octanol–water partition coefficient (Wildman–Crippen LogP) is 1.64. The quantitative estimate of drug-likeness (QED) is 0.593. The van der Waals surface area contributed by atoms with E-state index in [-0.39, 0.29) is 17.4 Å². The molecular formula is C15H16N2O4S4. The van der Waals surface area contributed by atoms with Crippen molar-refractivity contribution in [1.82, 2.24) is 10.2 Å². The first-order valence-corrected chi connectivity index (χ1v) is 11.5. The van der Waals surface area contributed by atoms with Crippen molar-refractivity contribution in [3.63, 3.8) is 0 Å². The van der Waals surface area contributed by atoms with Gasteiger partial charge in [0.1, 0.15) is 10.4 Å². The lowest BCUT2D eigenvalue weighted by atomic mass is 10.2. The zero-order valence-corrected chi connectivity index (χ0v) is 16.6. The van der Waals surface area contributed by atoms with E-state index in [9.17, 15) is 18.0 Å². The molecule has 10 heteroatoms. The third-order valence-corrected chi connectivity index (χ3v) is 7.90. The summed E-state index contributed by atoms with van der Waals surface area (Å²) in [6.07, 6.45) is 2.16. The summed E-state index contributed by atoms with van der Waals surface area (Å²) in [4.78, 5) is 27.7. The van der Waals surface area contributed by atoms with Crippen LogP contribution in [0.2, 0.25) is 0 Å². The number of sulfone groups is 1. The Hall–Kier alpha value is -1.23. The van der Waals surface area contributed by atoms with Gasteiger partial charge in [0.05, 0.1) is 16.4 Å². The number of thiocarbonyl (C=S) groups is 1. The van der Waals surface area contributed by atoms with E-state index < -0.39 is 27.8 Å². The Bertz CT molecular complexity index is 845. The Labute approximate surface area is 159 Å². The zero-order valence-electron chi connectivity index (χ0n) is 13.3. The Morgan fingerprint density at radius 2 is 2.28 bits per heavy atom. The largest absolute Gasteiger partial charge is 0.351 e. The number of amides is 2. The van der Waals surface area contributed by atoms with E-state index in [4.69, 9.17) is 12.2 Å². The van der Waals surface area contributed by atoms with E-state index in [0.717, 1.165) is 4.88 Å². The van der Waals surface area contributed by atoms with Gasteiger partial charge in [-0.05, 0) is 30.9 Å². The first-order valence-electron chi connectivity index (χ1n) is 7.58. The summed E-state index contributed by atoms with van der Waals surface area (Å²) in [5.41, 5.74) is 0. The molecule has 3 rings (SSSR count). The fourth-order valence-corrected chi connectivity index (χ4v) is 6.48. The number of carbonyl (C=O) groups is 2. The smallest absolute Gasteiger partial charge is 0.266 e. The average Bonchev–Trinajstić information content (AvgIpc) is 3.21. The molecule has 3 heterocycles. The van der Waals surface area contributed by atoms with Crippen molar-refractivity contribution in [3.8, 4) is 0 Å². The van der Waals surface area contributed by atoms with Crippen LogP contribution in [0, 0.1) is 0 Å². The minimum Gasteiger partial charge on any atom is -0.351 e. The lowest BCUT2D eigenvalue weighted by molar-refractivity contribution is -0.132. The molecule has 2 aliphatic heterocycles. The zero-order chi connectivity index (χ0) is 18.2. The molecule has 25 heavy (non-hydrogen) atoms. The Kier molecular flexibility index (Phi) is 5.33. The summed E-state index contributed by atoms with van der Waals surface area (Å²) >= 11 is 7.94. The van der Waals surface area contributed by atoms with Crippen LogP contribution in [0.3, 0.4) is 0 Å². The number of nitrogens with one attached hydrogen (secondary N) is 1. The van der Waals surface area contributed by atoms with Crippen LogP contribution in [0.25, 0.3) is 6.08 Å². The fraction of sp³-hybridized carbons (Fsp3) is 0.400. The van der Waals surface area contributed by atoms with Crippen LogP contribution in [0.5, 0.6) is 0 Å². The van der Waals surface area contributed by atoms with Gasteiger partial charge in [-0.2, -0.15) is 0 Å². The molecule has 1 aromatic heterocycles. The van der Waals surface area contributed by atoms with E-state index >= 15 is 0 Å². The second-order valence-corrected chi connectivity index (χ2v) is 10.7. The summed E-state index contributed by atoms with van der Waals surface area (Å²) in [5.74, 6) is -0.667. The summed E-state index contributed by atoms with van der Waals surface area (Å²) in [6.45, 7) is 1.59. The van der Waals surface area contributed by atoms with Gasteiger partial charge in [-0.1, -0.05) is 30.0 Å². The van der Waals surface area contributed by atoms with E-state index in [0.29, 0.717) is 15.6 Å². The minimum absolute atomic E-state index is 0.0534. The van der Waals surface area contributed by atoms with E-state index in [1.165, 1.54) is 28.0 Å². The molecule has 134 valence electrons. The van der Waals surface area contributed by atoms with E-state index in [1.807, 2.05) is 17.5 Å².